The minimum Gasteiger partial charge on any atom is -0.307 e. The molecule has 1 aromatic heterocycles. The number of aryl methyl sites for hydroxylation is 1. The Labute approximate surface area is 104 Å². The Morgan fingerprint density at radius 2 is 2.06 bits per heavy atom. The quantitative estimate of drug-likeness (QED) is 0.727. The summed E-state index contributed by atoms with van der Waals surface area (Å²) in [4.78, 5) is 2.81. The van der Waals surface area contributed by atoms with Crippen molar-refractivity contribution < 1.29 is 0 Å². The van der Waals surface area contributed by atoms with E-state index < -0.39 is 0 Å². The number of allylic oxidation sites excluding steroid dienone is 1. The van der Waals surface area contributed by atoms with Gasteiger partial charge < -0.3 is 5.32 Å². The Morgan fingerprint density at radius 3 is 2.56 bits per heavy atom. The molecule has 0 bridgehead atoms. The zero-order chi connectivity index (χ0) is 12.1. The molecule has 1 N–H and O–H groups in total. The Balaban J connectivity index is 2.50. The SMILES string of the molecule is C=CCC(C)C(C)NC(C)c1ccc(C)s1. The average molecular weight is 237 g/mol. The second kappa shape index (κ2) is 6.21. The summed E-state index contributed by atoms with van der Waals surface area (Å²) in [6.45, 7) is 12.7. The number of hydrogen-bond acceptors (Lipinski definition) is 2. The molecular formula is C14H23NS. The molecule has 0 aliphatic heterocycles. The summed E-state index contributed by atoms with van der Waals surface area (Å²) in [5.74, 6) is 0.640. The average Bonchev–Trinajstić information content (AvgIpc) is 2.65. The number of hydrogen-bond donors (Lipinski definition) is 1. The summed E-state index contributed by atoms with van der Waals surface area (Å²) in [5.41, 5.74) is 0. The molecule has 0 saturated heterocycles. The van der Waals surface area contributed by atoms with Gasteiger partial charge in [-0.1, -0.05) is 13.0 Å². The summed E-state index contributed by atoms with van der Waals surface area (Å²) in [5, 5.41) is 3.66. The Kier molecular flexibility index (Phi) is 5.23. The Morgan fingerprint density at radius 1 is 1.38 bits per heavy atom. The summed E-state index contributed by atoms with van der Waals surface area (Å²) in [7, 11) is 0. The third-order valence-electron chi connectivity index (χ3n) is 3.09. The van der Waals surface area contributed by atoms with Crippen molar-refractivity contribution in [3.63, 3.8) is 0 Å². The van der Waals surface area contributed by atoms with Crippen molar-refractivity contribution in [1.29, 1.82) is 0 Å². The van der Waals surface area contributed by atoms with E-state index in [-0.39, 0.29) is 0 Å². The molecule has 0 aliphatic rings. The van der Waals surface area contributed by atoms with Gasteiger partial charge in [-0.05, 0) is 45.2 Å². The first-order chi connectivity index (χ1) is 7.54. The molecule has 0 aromatic carbocycles. The van der Waals surface area contributed by atoms with Crippen LogP contribution in [-0.2, 0) is 0 Å². The van der Waals surface area contributed by atoms with Crippen molar-refractivity contribution in [3.8, 4) is 0 Å². The van der Waals surface area contributed by atoms with Crippen LogP contribution in [0.15, 0.2) is 24.8 Å². The molecule has 0 spiro atoms. The molecule has 1 aromatic rings. The van der Waals surface area contributed by atoms with Crippen LogP contribution in [0.1, 0.15) is 43.0 Å². The van der Waals surface area contributed by atoms with Crippen molar-refractivity contribution in [2.75, 3.05) is 0 Å². The third-order valence-corrected chi connectivity index (χ3v) is 4.28. The van der Waals surface area contributed by atoms with Gasteiger partial charge in [0.1, 0.15) is 0 Å². The van der Waals surface area contributed by atoms with Crippen molar-refractivity contribution in [2.45, 2.75) is 46.2 Å². The first-order valence-electron chi connectivity index (χ1n) is 5.98. The molecule has 0 amide bonds. The van der Waals surface area contributed by atoms with Crippen molar-refractivity contribution in [1.82, 2.24) is 5.32 Å². The molecule has 3 unspecified atom stereocenters. The highest BCUT2D eigenvalue weighted by atomic mass is 32.1. The van der Waals surface area contributed by atoms with Crippen molar-refractivity contribution >= 4 is 11.3 Å². The number of nitrogens with one attached hydrogen (secondary N) is 1. The number of rotatable bonds is 6. The molecule has 1 rings (SSSR count). The fourth-order valence-electron chi connectivity index (χ4n) is 1.79. The van der Waals surface area contributed by atoms with Gasteiger partial charge in [0, 0.05) is 21.8 Å². The maximum absolute atomic E-state index is 3.80. The van der Waals surface area contributed by atoms with Crippen LogP contribution < -0.4 is 5.32 Å². The largest absolute Gasteiger partial charge is 0.307 e. The maximum Gasteiger partial charge on any atom is 0.0388 e. The second-order valence-corrected chi connectivity index (χ2v) is 5.95. The van der Waals surface area contributed by atoms with Gasteiger partial charge in [0.25, 0.3) is 0 Å². The molecule has 0 saturated carbocycles. The topological polar surface area (TPSA) is 12.0 Å². The molecule has 90 valence electrons. The third kappa shape index (κ3) is 3.76. The van der Waals surface area contributed by atoms with Crippen LogP contribution in [0.3, 0.4) is 0 Å². The Hall–Kier alpha value is -0.600. The minimum absolute atomic E-state index is 0.445. The van der Waals surface area contributed by atoms with Gasteiger partial charge in [-0.2, -0.15) is 0 Å². The monoisotopic (exact) mass is 237 g/mol. The highest BCUT2D eigenvalue weighted by Gasteiger charge is 2.15. The zero-order valence-corrected chi connectivity index (χ0v) is 11.6. The fourth-order valence-corrected chi connectivity index (χ4v) is 2.68. The summed E-state index contributed by atoms with van der Waals surface area (Å²) in [6, 6.07) is 5.38. The lowest BCUT2D eigenvalue weighted by Gasteiger charge is -2.24. The summed E-state index contributed by atoms with van der Waals surface area (Å²) in [6.07, 6.45) is 3.08. The minimum atomic E-state index is 0.445. The standard InChI is InChI=1S/C14H23NS/c1-6-7-10(2)12(4)15-13(5)14-9-8-11(3)16-14/h6,8-10,12-13,15H,1,7H2,2-5H3. The van der Waals surface area contributed by atoms with Crippen LogP contribution in [0.5, 0.6) is 0 Å². The molecule has 0 radical (unpaired) electrons. The van der Waals surface area contributed by atoms with Crippen molar-refractivity contribution in [3.05, 3.63) is 34.5 Å². The van der Waals surface area contributed by atoms with Gasteiger partial charge in [0.15, 0.2) is 0 Å². The van der Waals surface area contributed by atoms with Crippen LogP contribution in [0.4, 0.5) is 0 Å². The van der Waals surface area contributed by atoms with E-state index in [1.165, 1.54) is 9.75 Å². The molecule has 0 aliphatic carbocycles. The van der Waals surface area contributed by atoms with Gasteiger partial charge in [-0.3, -0.25) is 0 Å². The van der Waals surface area contributed by atoms with Crippen LogP contribution in [0.2, 0.25) is 0 Å². The van der Waals surface area contributed by atoms with Crippen LogP contribution in [0, 0.1) is 12.8 Å². The molecular weight excluding hydrogens is 214 g/mol. The first-order valence-corrected chi connectivity index (χ1v) is 6.79. The van der Waals surface area contributed by atoms with E-state index in [4.69, 9.17) is 0 Å². The van der Waals surface area contributed by atoms with E-state index in [2.05, 4.69) is 51.7 Å². The van der Waals surface area contributed by atoms with E-state index in [9.17, 15) is 0 Å². The lowest BCUT2D eigenvalue weighted by molar-refractivity contribution is 0.372. The maximum atomic E-state index is 3.80. The zero-order valence-electron chi connectivity index (χ0n) is 10.8. The van der Waals surface area contributed by atoms with Gasteiger partial charge in [-0.25, -0.2) is 0 Å². The van der Waals surface area contributed by atoms with Crippen LogP contribution in [0.25, 0.3) is 0 Å². The summed E-state index contributed by atoms with van der Waals surface area (Å²) < 4.78 is 0. The molecule has 1 nitrogen and oxygen atoms in total. The second-order valence-electron chi connectivity index (χ2n) is 4.63. The van der Waals surface area contributed by atoms with E-state index >= 15 is 0 Å². The smallest absolute Gasteiger partial charge is 0.0388 e. The van der Waals surface area contributed by atoms with Gasteiger partial charge in [0.2, 0.25) is 0 Å². The van der Waals surface area contributed by atoms with E-state index in [1.54, 1.807) is 0 Å². The van der Waals surface area contributed by atoms with Crippen molar-refractivity contribution in [2.24, 2.45) is 5.92 Å². The van der Waals surface area contributed by atoms with E-state index in [0.717, 1.165) is 6.42 Å². The van der Waals surface area contributed by atoms with E-state index in [1.807, 2.05) is 17.4 Å². The number of thiophene rings is 1. The van der Waals surface area contributed by atoms with Gasteiger partial charge in [-0.15, -0.1) is 17.9 Å². The fraction of sp³-hybridized carbons (Fsp3) is 0.571. The predicted molar refractivity (Wildman–Crippen MR) is 74.0 cm³/mol. The normalized spacial score (nSPS) is 16.8. The predicted octanol–water partition coefficient (Wildman–Crippen LogP) is 4.31. The lowest BCUT2D eigenvalue weighted by atomic mass is 9.99. The molecule has 2 heteroatoms. The van der Waals surface area contributed by atoms with E-state index in [0.29, 0.717) is 18.0 Å². The summed E-state index contributed by atoms with van der Waals surface area (Å²) >= 11 is 1.88. The highest BCUT2D eigenvalue weighted by molar-refractivity contribution is 7.12. The van der Waals surface area contributed by atoms with Gasteiger partial charge in [0.05, 0.1) is 0 Å². The lowest BCUT2D eigenvalue weighted by Crippen LogP contribution is -2.33. The molecule has 16 heavy (non-hydrogen) atoms. The van der Waals surface area contributed by atoms with Gasteiger partial charge >= 0.3 is 0 Å². The molecule has 0 fully saturated rings. The van der Waals surface area contributed by atoms with Crippen LogP contribution >= 0.6 is 11.3 Å². The molecule has 3 atom stereocenters. The Bertz CT molecular complexity index is 329. The first kappa shape index (κ1) is 13.5. The van der Waals surface area contributed by atoms with Crippen LogP contribution in [-0.4, -0.2) is 6.04 Å². The highest BCUT2D eigenvalue weighted by Crippen LogP contribution is 2.23. The molecule has 1 heterocycles.